The van der Waals surface area contributed by atoms with Gasteiger partial charge in [-0.2, -0.15) is 0 Å². The number of likely N-dealkylation sites (tertiary alicyclic amines) is 1. The van der Waals surface area contributed by atoms with Gasteiger partial charge >= 0.3 is 0 Å². The van der Waals surface area contributed by atoms with Gasteiger partial charge < -0.3 is 15.2 Å². The maximum Gasteiger partial charge on any atom is 0.234 e. The Hall–Kier alpha value is -1.59. The van der Waals surface area contributed by atoms with Gasteiger partial charge in [0, 0.05) is 19.6 Å². The Bertz CT molecular complexity index is 470. The van der Waals surface area contributed by atoms with Crippen LogP contribution in [0.4, 0.5) is 0 Å². The van der Waals surface area contributed by atoms with E-state index >= 15 is 0 Å². The summed E-state index contributed by atoms with van der Waals surface area (Å²) in [5.74, 6) is 0.762. The molecule has 5 heteroatoms. The van der Waals surface area contributed by atoms with Crippen LogP contribution in [0, 0.1) is 0 Å². The first-order valence-electron chi connectivity index (χ1n) is 6.89. The van der Waals surface area contributed by atoms with Gasteiger partial charge in [0.25, 0.3) is 0 Å². The predicted molar refractivity (Wildman–Crippen MR) is 76.5 cm³/mol. The number of hydrogen-bond donors (Lipinski definition) is 2. The number of methoxy groups -OCH3 is 1. The molecule has 20 heavy (non-hydrogen) atoms. The van der Waals surface area contributed by atoms with E-state index in [1.165, 1.54) is 0 Å². The number of carbonyl (C=O) groups excluding carboxylic acids is 1. The molecule has 0 aliphatic carbocycles. The molecule has 1 saturated heterocycles. The lowest BCUT2D eigenvalue weighted by Gasteiger charge is -2.45. The highest BCUT2D eigenvalue weighted by Gasteiger charge is 2.39. The SMILES string of the molecule is CCC1(O)CN(CC(=O)NCc2cccc(OC)c2)C1. The third kappa shape index (κ3) is 3.71. The average molecular weight is 278 g/mol. The lowest BCUT2D eigenvalue weighted by Crippen LogP contribution is -2.62. The molecule has 2 rings (SSSR count). The van der Waals surface area contributed by atoms with Crippen molar-refractivity contribution < 1.29 is 14.6 Å². The molecule has 1 amide bonds. The lowest BCUT2D eigenvalue weighted by atomic mass is 9.91. The predicted octanol–water partition coefficient (Wildman–Crippen LogP) is 0.768. The summed E-state index contributed by atoms with van der Waals surface area (Å²) in [6.07, 6.45) is 0.731. The Morgan fingerprint density at radius 1 is 1.50 bits per heavy atom. The molecule has 0 unspecified atom stereocenters. The monoisotopic (exact) mass is 278 g/mol. The van der Waals surface area contributed by atoms with Gasteiger partial charge in [-0.05, 0) is 24.1 Å². The number of nitrogens with zero attached hydrogens (tertiary/aromatic N) is 1. The molecule has 5 nitrogen and oxygen atoms in total. The topological polar surface area (TPSA) is 61.8 Å². The Kier molecular flexibility index (Phi) is 4.62. The van der Waals surface area contributed by atoms with Crippen LogP contribution in [0.25, 0.3) is 0 Å². The summed E-state index contributed by atoms with van der Waals surface area (Å²) in [4.78, 5) is 13.8. The van der Waals surface area contributed by atoms with Gasteiger partial charge in [0.05, 0.1) is 19.3 Å². The molecule has 110 valence electrons. The van der Waals surface area contributed by atoms with Gasteiger partial charge in [-0.25, -0.2) is 0 Å². The van der Waals surface area contributed by atoms with Crippen molar-refractivity contribution in [2.24, 2.45) is 0 Å². The number of nitrogens with one attached hydrogen (secondary N) is 1. The number of aliphatic hydroxyl groups is 1. The molecule has 0 spiro atoms. The van der Waals surface area contributed by atoms with Crippen LogP contribution in [-0.4, -0.2) is 48.3 Å². The first kappa shape index (κ1) is 14.8. The summed E-state index contributed by atoms with van der Waals surface area (Å²) in [5, 5.41) is 12.8. The molecule has 0 radical (unpaired) electrons. The van der Waals surface area contributed by atoms with Crippen molar-refractivity contribution in [3.63, 3.8) is 0 Å². The molecule has 2 N–H and O–H groups in total. The van der Waals surface area contributed by atoms with Crippen LogP contribution in [0.2, 0.25) is 0 Å². The highest BCUT2D eigenvalue weighted by molar-refractivity contribution is 5.78. The molecule has 0 saturated carbocycles. The maximum atomic E-state index is 11.8. The molecule has 1 aliphatic rings. The number of amides is 1. The zero-order chi connectivity index (χ0) is 14.6. The van der Waals surface area contributed by atoms with E-state index in [0.29, 0.717) is 26.2 Å². The minimum absolute atomic E-state index is 0.0222. The van der Waals surface area contributed by atoms with Crippen LogP contribution < -0.4 is 10.1 Å². The number of hydrogen-bond acceptors (Lipinski definition) is 4. The molecule has 1 fully saturated rings. The van der Waals surface area contributed by atoms with E-state index in [1.807, 2.05) is 36.1 Å². The summed E-state index contributed by atoms with van der Waals surface area (Å²) in [5.41, 5.74) is 0.416. The van der Waals surface area contributed by atoms with Gasteiger partial charge in [-0.1, -0.05) is 19.1 Å². The van der Waals surface area contributed by atoms with Crippen LogP contribution in [0.5, 0.6) is 5.75 Å². The lowest BCUT2D eigenvalue weighted by molar-refractivity contribution is -0.133. The summed E-state index contributed by atoms with van der Waals surface area (Å²) < 4.78 is 5.14. The number of benzene rings is 1. The van der Waals surface area contributed by atoms with Gasteiger partial charge in [0.15, 0.2) is 0 Å². The van der Waals surface area contributed by atoms with Crippen LogP contribution in [0.3, 0.4) is 0 Å². The number of rotatable bonds is 6. The van der Waals surface area contributed by atoms with Gasteiger partial charge in [-0.15, -0.1) is 0 Å². The van der Waals surface area contributed by atoms with E-state index in [-0.39, 0.29) is 5.91 Å². The first-order chi connectivity index (χ1) is 9.54. The van der Waals surface area contributed by atoms with E-state index in [4.69, 9.17) is 4.74 Å². The largest absolute Gasteiger partial charge is 0.497 e. The van der Waals surface area contributed by atoms with Crippen LogP contribution >= 0.6 is 0 Å². The molecule has 1 aliphatic heterocycles. The second kappa shape index (κ2) is 6.24. The molecule has 1 aromatic carbocycles. The Balaban J connectivity index is 1.73. The van der Waals surface area contributed by atoms with E-state index in [1.54, 1.807) is 7.11 Å². The molecule has 1 heterocycles. The third-order valence-electron chi connectivity index (χ3n) is 3.69. The number of carbonyl (C=O) groups is 1. The third-order valence-corrected chi connectivity index (χ3v) is 3.69. The second-order valence-corrected chi connectivity index (χ2v) is 5.35. The van der Waals surface area contributed by atoms with Gasteiger partial charge in [0.1, 0.15) is 5.75 Å². The fourth-order valence-electron chi connectivity index (χ4n) is 2.36. The summed E-state index contributed by atoms with van der Waals surface area (Å²) >= 11 is 0. The number of β-amino-alcohol motifs (C(OH)–C–C–N with tert-alkyl or cyclic N) is 1. The Morgan fingerprint density at radius 3 is 2.90 bits per heavy atom. The fourth-order valence-corrected chi connectivity index (χ4v) is 2.36. The summed E-state index contributed by atoms with van der Waals surface area (Å²) in [6, 6.07) is 7.62. The maximum absolute atomic E-state index is 11.8. The van der Waals surface area contributed by atoms with Crippen molar-refractivity contribution in [3.8, 4) is 5.75 Å². The Morgan fingerprint density at radius 2 is 2.25 bits per heavy atom. The zero-order valence-electron chi connectivity index (χ0n) is 12.1. The number of ether oxygens (including phenoxy) is 1. The molecular formula is C15H22N2O3. The van der Waals surface area contributed by atoms with E-state index in [9.17, 15) is 9.90 Å². The van der Waals surface area contributed by atoms with Gasteiger partial charge in [0.2, 0.25) is 5.91 Å². The minimum atomic E-state index is -0.590. The second-order valence-electron chi connectivity index (χ2n) is 5.35. The van der Waals surface area contributed by atoms with Crippen LogP contribution in [0.15, 0.2) is 24.3 Å². The van der Waals surface area contributed by atoms with E-state index in [2.05, 4.69) is 5.32 Å². The quantitative estimate of drug-likeness (QED) is 0.807. The van der Waals surface area contributed by atoms with Crippen LogP contribution in [0.1, 0.15) is 18.9 Å². The normalized spacial score (nSPS) is 17.4. The Labute approximate surface area is 119 Å². The van der Waals surface area contributed by atoms with Crippen molar-refractivity contribution in [2.75, 3.05) is 26.7 Å². The molecular weight excluding hydrogens is 256 g/mol. The smallest absolute Gasteiger partial charge is 0.234 e. The molecule has 0 bridgehead atoms. The summed E-state index contributed by atoms with van der Waals surface area (Å²) in [6.45, 7) is 3.94. The van der Waals surface area contributed by atoms with E-state index in [0.717, 1.165) is 17.7 Å². The molecule has 0 aromatic heterocycles. The molecule has 1 aromatic rings. The van der Waals surface area contributed by atoms with Crippen molar-refractivity contribution in [1.29, 1.82) is 0 Å². The van der Waals surface area contributed by atoms with Gasteiger partial charge in [-0.3, -0.25) is 9.69 Å². The average Bonchev–Trinajstić information content (AvgIpc) is 2.43. The van der Waals surface area contributed by atoms with E-state index < -0.39 is 5.60 Å². The zero-order valence-corrected chi connectivity index (χ0v) is 12.1. The highest BCUT2D eigenvalue weighted by Crippen LogP contribution is 2.23. The highest BCUT2D eigenvalue weighted by atomic mass is 16.5. The van der Waals surface area contributed by atoms with Crippen LogP contribution in [-0.2, 0) is 11.3 Å². The fraction of sp³-hybridized carbons (Fsp3) is 0.533. The van der Waals surface area contributed by atoms with Crippen molar-refractivity contribution >= 4 is 5.91 Å². The molecule has 0 atom stereocenters. The first-order valence-corrected chi connectivity index (χ1v) is 6.89. The standard InChI is InChI=1S/C15H22N2O3/c1-3-15(19)10-17(11-15)9-14(18)16-8-12-5-4-6-13(7-12)20-2/h4-7,19H,3,8-11H2,1-2H3,(H,16,18). The van der Waals surface area contributed by atoms with Crippen molar-refractivity contribution in [1.82, 2.24) is 10.2 Å². The van der Waals surface area contributed by atoms with Crippen molar-refractivity contribution in [2.45, 2.75) is 25.5 Å². The summed E-state index contributed by atoms with van der Waals surface area (Å²) in [7, 11) is 1.62. The minimum Gasteiger partial charge on any atom is -0.497 e. The van der Waals surface area contributed by atoms with Crippen molar-refractivity contribution in [3.05, 3.63) is 29.8 Å².